The van der Waals surface area contributed by atoms with Crippen LogP contribution in [0.15, 0.2) is 42.5 Å². The van der Waals surface area contributed by atoms with Crippen molar-refractivity contribution in [1.29, 1.82) is 0 Å². The lowest BCUT2D eigenvalue weighted by Gasteiger charge is -2.18. The van der Waals surface area contributed by atoms with Gasteiger partial charge in [0.2, 0.25) is 5.91 Å². The minimum absolute atomic E-state index is 0.00582. The number of aliphatic hydroxyl groups is 1. The molecule has 2 aromatic rings. The zero-order chi connectivity index (χ0) is 28.1. The number of rotatable bonds is 22. The number of unbranched alkanes of at least 4 members (excludes halogenated alkanes) is 10. The van der Waals surface area contributed by atoms with Crippen LogP contribution in [0.2, 0.25) is 0 Å². The number of hydrogen-bond donors (Lipinski definition) is 2. The molecule has 0 saturated heterocycles. The largest absolute Gasteiger partial charge is 0.494 e. The number of carbonyl (C=O) groups is 1. The average Bonchev–Trinajstić information content (AvgIpc) is 2.94. The lowest BCUT2D eigenvalue weighted by atomic mass is 9.91. The zero-order valence-electron chi connectivity index (χ0n) is 24.8. The van der Waals surface area contributed by atoms with Crippen molar-refractivity contribution < 1.29 is 19.4 Å². The van der Waals surface area contributed by atoms with Gasteiger partial charge in [0, 0.05) is 11.6 Å². The Bertz CT molecular complexity index is 912. The molecule has 2 N–H and O–H groups in total. The van der Waals surface area contributed by atoms with E-state index in [1.165, 1.54) is 57.8 Å². The fourth-order valence-electron chi connectivity index (χ4n) is 4.86. The SMILES string of the molecule is CCCCCCCCCCCCC(Cc1ccc(OCCO)c(C)c1)C(=O)Nc1ccc(OCCCC)cc1. The first-order chi connectivity index (χ1) is 19.1. The van der Waals surface area contributed by atoms with Crippen molar-refractivity contribution in [2.45, 2.75) is 111 Å². The van der Waals surface area contributed by atoms with Crippen LogP contribution in [0.25, 0.3) is 0 Å². The van der Waals surface area contributed by atoms with Crippen molar-refractivity contribution in [3.8, 4) is 11.5 Å². The molecule has 39 heavy (non-hydrogen) atoms. The number of ether oxygens (including phenoxy) is 2. The Morgan fingerprint density at radius 2 is 1.44 bits per heavy atom. The van der Waals surface area contributed by atoms with E-state index in [4.69, 9.17) is 14.6 Å². The second kappa shape index (κ2) is 20.4. The van der Waals surface area contributed by atoms with Crippen molar-refractivity contribution in [3.63, 3.8) is 0 Å². The van der Waals surface area contributed by atoms with Gasteiger partial charge >= 0.3 is 0 Å². The maximum atomic E-state index is 13.4. The molecule has 0 aliphatic heterocycles. The molecule has 0 aliphatic carbocycles. The van der Waals surface area contributed by atoms with Crippen LogP contribution in [0, 0.1) is 12.8 Å². The van der Waals surface area contributed by atoms with Gasteiger partial charge in [-0.3, -0.25) is 4.79 Å². The van der Waals surface area contributed by atoms with Crippen LogP contribution >= 0.6 is 0 Å². The van der Waals surface area contributed by atoms with Crippen LogP contribution in [0.4, 0.5) is 5.69 Å². The molecule has 0 radical (unpaired) electrons. The molecule has 1 unspecified atom stereocenters. The van der Waals surface area contributed by atoms with Crippen molar-refractivity contribution in [1.82, 2.24) is 0 Å². The molecule has 1 atom stereocenters. The van der Waals surface area contributed by atoms with Crippen molar-refractivity contribution in [2.24, 2.45) is 5.92 Å². The van der Waals surface area contributed by atoms with Crippen LogP contribution in [0.3, 0.4) is 0 Å². The maximum absolute atomic E-state index is 13.4. The van der Waals surface area contributed by atoms with E-state index >= 15 is 0 Å². The lowest BCUT2D eigenvalue weighted by Crippen LogP contribution is -2.25. The van der Waals surface area contributed by atoms with E-state index in [1.807, 2.05) is 43.3 Å². The average molecular weight is 540 g/mol. The van der Waals surface area contributed by atoms with Gasteiger partial charge in [-0.05, 0) is 67.6 Å². The number of benzene rings is 2. The standard InChI is InChI=1S/C34H53NO4/c1-4-6-8-9-10-11-12-13-14-15-16-30(27-29-17-22-33(28(3)26-29)39-25-23-36)34(37)35-31-18-20-32(21-19-31)38-24-7-5-2/h17-22,26,30,36H,4-16,23-25,27H2,1-3H3,(H,35,37). The summed E-state index contributed by atoms with van der Waals surface area (Å²) in [4.78, 5) is 13.4. The van der Waals surface area contributed by atoms with Crippen molar-refractivity contribution >= 4 is 11.6 Å². The highest BCUT2D eigenvalue weighted by Crippen LogP contribution is 2.25. The molecular weight excluding hydrogens is 486 g/mol. The van der Waals surface area contributed by atoms with Crippen LogP contribution in [0.1, 0.15) is 108 Å². The molecular formula is C34H53NO4. The van der Waals surface area contributed by atoms with Gasteiger partial charge in [-0.15, -0.1) is 0 Å². The summed E-state index contributed by atoms with van der Waals surface area (Å²) in [6.07, 6.45) is 16.6. The first-order valence-corrected chi connectivity index (χ1v) is 15.4. The van der Waals surface area contributed by atoms with Crippen LogP contribution in [0.5, 0.6) is 11.5 Å². The van der Waals surface area contributed by atoms with E-state index in [-0.39, 0.29) is 25.0 Å². The van der Waals surface area contributed by atoms with Gasteiger partial charge in [-0.25, -0.2) is 0 Å². The number of amides is 1. The third-order valence-electron chi connectivity index (χ3n) is 7.24. The number of aryl methyl sites for hydroxylation is 1. The zero-order valence-corrected chi connectivity index (χ0v) is 24.8. The van der Waals surface area contributed by atoms with Crippen LogP contribution < -0.4 is 14.8 Å². The molecule has 0 saturated carbocycles. The number of nitrogens with one attached hydrogen (secondary N) is 1. The molecule has 5 nitrogen and oxygen atoms in total. The molecule has 0 spiro atoms. The van der Waals surface area contributed by atoms with Crippen LogP contribution in [-0.2, 0) is 11.2 Å². The Labute approximate surface area is 237 Å². The number of carbonyl (C=O) groups excluding carboxylic acids is 1. The smallest absolute Gasteiger partial charge is 0.227 e. The van der Waals surface area contributed by atoms with Gasteiger partial charge < -0.3 is 19.9 Å². The predicted molar refractivity (Wildman–Crippen MR) is 163 cm³/mol. The maximum Gasteiger partial charge on any atom is 0.227 e. The Balaban J connectivity index is 1.92. The second-order valence-corrected chi connectivity index (χ2v) is 10.8. The highest BCUT2D eigenvalue weighted by Gasteiger charge is 2.20. The number of aliphatic hydroxyl groups excluding tert-OH is 1. The van der Waals surface area contributed by atoms with Gasteiger partial charge in [-0.1, -0.05) is 96.6 Å². The minimum atomic E-state index is -0.0943. The molecule has 0 fully saturated rings. The summed E-state index contributed by atoms with van der Waals surface area (Å²) in [5.74, 6) is 1.60. The van der Waals surface area contributed by atoms with Crippen LogP contribution in [-0.4, -0.2) is 30.8 Å². The normalized spacial score (nSPS) is 11.8. The molecule has 0 aromatic heterocycles. The summed E-state index contributed by atoms with van der Waals surface area (Å²) in [6.45, 7) is 7.41. The molecule has 0 bridgehead atoms. The van der Waals surface area contributed by atoms with Crippen molar-refractivity contribution in [2.75, 3.05) is 25.1 Å². The van der Waals surface area contributed by atoms with Gasteiger partial charge in [0.1, 0.15) is 18.1 Å². The Kier molecular flexibility index (Phi) is 17.1. The van der Waals surface area contributed by atoms with Gasteiger partial charge in [0.05, 0.1) is 13.2 Å². The monoisotopic (exact) mass is 539 g/mol. The van der Waals surface area contributed by atoms with Gasteiger partial charge in [-0.2, -0.15) is 0 Å². The van der Waals surface area contributed by atoms with E-state index in [0.717, 1.165) is 54.0 Å². The predicted octanol–water partition coefficient (Wildman–Crippen LogP) is 8.65. The summed E-state index contributed by atoms with van der Waals surface area (Å²) < 4.78 is 11.4. The third-order valence-corrected chi connectivity index (χ3v) is 7.24. The summed E-state index contributed by atoms with van der Waals surface area (Å²) >= 11 is 0. The lowest BCUT2D eigenvalue weighted by molar-refractivity contribution is -0.120. The van der Waals surface area contributed by atoms with E-state index in [2.05, 4.69) is 25.2 Å². The minimum Gasteiger partial charge on any atom is -0.494 e. The molecule has 1 amide bonds. The molecule has 2 rings (SSSR count). The Morgan fingerprint density at radius 1 is 0.795 bits per heavy atom. The molecule has 0 aliphatic rings. The Hall–Kier alpha value is -2.53. The van der Waals surface area contributed by atoms with Crippen molar-refractivity contribution in [3.05, 3.63) is 53.6 Å². The van der Waals surface area contributed by atoms with E-state index in [1.54, 1.807) is 0 Å². The first kappa shape index (κ1) is 32.7. The van der Waals surface area contributed by atoms with Gasteiger partial charge in [0.25, 0.3) is 0 Å². The van der Waals surface area contributed by atoms with E-state index < -0.39 is 0 Å². The third kappa shape index (κ3) is 13.9. The summed E-state index contributed by atoms with van der Waals surface area (Å²) in [6, 6.07) is 13.8. The fourth-order valence-corrected chi connectivity index (χ4v) is 4.86. The molecule has 2 aromatic carbocycles. The van der Waals surface area contributed by atoms with E-state index in [9.17, 15) is 4.79 Å². The highest BCUT2D eigenvalue weighted by atomic mass is 16.5. The quantitative estimate of drug-likeness (QED) is 0.147. The topological polar surface area (TPSA) is 67.8 Å². The molecule has 5 heteroatoms. The molecule has 218 valence electrons. The van der Waals surface area contributed by atoms with E-state index in [0.29, 0.717) is 13.0 Å². The summed E-state index contributed by atoms with van der Waals surface area (Å²) in [5, 5.41) is 12.2. The summed E-state index contributed by atoms with van der Waals surface area (Å²) in [7, 11) is 0. The number of hydrogen-bond acceptors (Lipinski definition) is 4. The number of anilines is 1. The summed E-state index contributed by atoms with van der Waals surface area (Å²) in [5.41, 5.74) is 2.97. The highest BCUT2D eigenvalue weighted by molar-refractivity contribution is 5.92. The first-order valence-electron chi connectivity index (χ1n) is 15.4. The fraction of sp³-hybridized carbons (Fsp3) is 0.618. The van der Waals surface area contributed by atoms with Gasteiger partial charge in [0.15, 0.2) is 0 Å². The second-order valence-electron chi connectivity index (χ2n) is 10.8. The molecule has 0 heterocycles. The Morgan fingerprint density at radius 3 is 2.05 bits per heavy atom.